The van der Waals surface area contributed by atoms with Crippen molar-refractivity contribution >= 4 is 27.3 Å². The van der Waals surface area contributed by atoms with Crippen LogP contribution in [0.3, 0.4) is 0 Å². The molecule has 2 aromatic rings. The van der Waals surface area contributed by atoms with Crippen LogP contribution in [0.15, 0.2) is 53.0 Å². The van der Waals surface area contributed by atoms with Crippen molar-refractivity contribution < 1.29 is 0 Å². The van der Waals surface area contributed by atoms with Crippen LogP contribution in [0.2, 0.25) is 0 Å². The van der Waals surface area contributed by atoms with Crippen molar-refractivity contribution in [3.63, 3.8) is 0 Å². The van der Waals surface area contributed by atoms with E-state index in [-0.39, 0.29) is 6.04 Å². The Morgan fingerprint density at radius 3 is 2.57 bits per heavy atom. The van der Waals surface area contributed by atoms with Crippen LogP contribution >= 0.6 is 15.9 Å². The van der Waals surface area contributed by atoms with E-state index in [1.807, 2.05) is 0 Å². The zero-order valence-corrected chi connectivity index (χ0v) is 13.9. The van der Waals surface area contributed by atoms with E-state index >= 15 is 0 Å². The molecular formula is C18H21BrN2. The second-order valence-corrected chi connectivity index (χ2v) is 6.58. The molecule has 0 radical (unpaired) electrons. The number of hydrogen-bond donors (Lipinski definition) is 1. The van der Waals surface area contributed by atoms with Gasteiger partial charge in [-0.05, 0) is 55.7 Å². The van der Waals surface area contributed by atoms with Crippen molar-refractivity contribution in [2.24, 2.45) is 0 Å². The lowest BCUT2D eigenvalue weighted by molar-refractivity contribution is 0.882. The number of halogens is 1. The number of rotatable bonds is 4. The molecule has 3 rings (SSSR count). The summed E-state index contributed by atoms with van der Waals surface area (Å²) < 4.78 is 1.12. The molecule has 21 heavy (non-hydrogen) atoms. The highest BCUT2D eigenvalue weighted by Gasteiger charge is 2.13. The van der Waals surface area contributed by atoms with Crippen LogP contribution in [0.4, 0.5) is 11.4 Å². The zero-order chi connectivity index (χ0) is 14.7. The molecular weight excluding hydrogens is 324 g/mol. The van der Waals surface area contributed by atoms with Gasteiger partial charge in [0.25, 0.3) is 0 Å². The fourth-order valence-electron chi connectivity index (χ4n) is 2.88. The first kappa shape index (κ1) is 14.5. The molecule has 0 aromatic heterocycles. The normalized spacial score (nSPS) is 16.0. The van der Waals surface area contributed by atoms with E-state index in [0.717, 1.165) is 4.47 Å². The Morgan fingerprint density at radius 1 is 1.05 bits per heavy atom. The molecule has 1 saturated heterocycles. The quantitative estimate of drug-likeness (QED) is 0.817. The van der Waals surface area contributed by atoms with E-state index in [0.29, 0.717) is 0 Å². The first-order valence-corrected chi connectivity index (χ1v) is 8.39. The van der Waals surface area contributed by atoms with Gasteiger partial charge in [0.15, 0.2) is 0 Å². The molecule has 0 spiro atoms. The third kappa shape index (κ3) is 3.59. The van der Waals surface area contributed by atoms with Gasteiger partial charge in [-0.3, -0.25) is 0 Å². The molecule has 0 amide bonds. The molecule has 1 unspecified atom stereocenters. The molecule has 0 aliphatic carbocycles. The molecule has 1 aliphatic rings. The SMILES string of the molecule is CC(Nc1cccc(N2CCCC2)c1)c1cccc(Br)c1. The number of anilines is 2. The second-order valence-electron chi connectivity index (χ2n) is 5.67. The van der Waals surface area contributed by atoms with Crippen molar-refractivity contribution in [1.82, 2.24) is 0 Å². The maximum atomic E-state index is 3.60. The summed E-state index contributed by atoms with van der Waals surface area (Å²) in [4.78, 5) is 2.47. The highest BCUT2D eigenvalue weighted by Crippen LogP contribution is 2.26. The third-order valence-corrected chi connectivity index (χ3v) is 4.54. The summed E-state index contributed by atoms with van der Waals surface area (Å²) in [6.45, 7) is 4.57. The number of hydrogen-bond acceptors (Lipinski definition) is 2. The molecule has 3 heteroatoms. The van der Waals surface area contributed by atoms with Crippen LogP contribution in [0.1, 0.15) is 31.4 Å². The Labute approximate surface area is 135 Å². The van der Waals surface area contributed by atoms with E-state index in [9.17, 15) is 0 Å². The van der Waals surface area contributed by atoms with E-state index in [2.05, 4.69) is 81.6 Å². The fourth-order valence-corrected chi connectivity index (χ4v) is 3.29. The van der Waals surface area contributed by atoms with Crippen LogP contribution in [-0.2, 0) is 0 Å². The highest BCUT2D eigenvalue weighted by atomic mass is 79.9. The summed E-state index contributed by atoms with van der Waals surface area (Å²) in [5.41, 5.74) is 3.81. The van der Waals surface area contributed by atoms with E-state index in [1.54, 1.807) is 0 Å². The molecule has 2 aromatic carbocycles. The minimum Gasteiger partial charge on any atom is -0.378 e. The maximum Gasteiger partial charge on any atom is 0.0486 e. The minimum absolute atomic E-state index is 0.288. The molecule has 2 nitrogen and oxygen atoms in total. The smallest absolute Gasteiger partial charge is 0.0486 e. The minimum atomic E-state index is 0.288. The molecule has 1 heterocycles. The summed E-state index contributed by atoms with van der Waals surface area (Å²) in [5, 5.41) is 3.60. The predicted molar refractivity (Wildman–Crippen MR) is 94.1 cm³/mol. The predicted octanol–water partition coefficient (Wildman–Crippen LogP) is 5.22. The largest absolute Gasteiger partial charge is 0.378 e. The first-order valence-electron chi connectivity index (χ1n) is 7.59. The summed E-state index contributed by atoms with van der Waals surface area (Å²) in [5.74, 6) is 0. The molecule has 110 valence electrons. The monoisotopic (exact) mass is 344 g/mol. The standard InChI is InChI=1S/C18H21BrN2/c1-14(15-6-4-7-16(19)12-15)20-17-8-5-9-18(13-17)21-10-2-3-11-21/h4-9,12-14,20H,2-3,10-11H2,1H3. The van der Waals surface area contributed by atoms with Crippen LogP contribution in [0.25, 0.3) is 0 Å². The topological polar surface area (TPSA) is 15.3 Å². The van der Waals surface area contributed by atoms with Crippen molar-refractivity contribution in [2.75, 3.05) is 23.3 Å². The Morgan fingerprint density at radius 2 is 1.81 bits per heavy atom. The van der Waals surface area contributed by atoms with Gasteiger partial charge in [-0.1, -0.05) is 34.1 Å². The number of nitrogens with one attached hydrogen (secondary N) is 1. The lowest BCUT2D eigenvalue weighted by Gasteiger charge is -2.21. The van der Waals surface area contributed by atoms with Gasteiger partial charge in [0, 0.05) is 35.0 Å². The zero-order valence-electron chi connectivity index (χ0n) is 12.3. The van der Waals surface area contributed by atoms with Crippen LogP contribution in [-0.4, -0.2) is 13.1 Å². The first-order chi connectivity index (χ1) is 10.2. The molecule has 1 atom stereocenters. The van der Waals surface area contributed by atoms with E-state index < -0.39 is 0 Å². The summed E-state index contributed by atoms with van der Waals surface area (Å²) in [6, 6.07) is 17.5. The Balaban J connectivity index is 1.73. The molecule has 0 bridgehead atoms. The summed E-state index contributed by atoms with van der Waals surface area (Å²) in [6.07, 6.45) is 2.62. The molecule has 0 saturated carbocycles. The highest BCUT2D eigenvalue weighted by molar-refractivity contribution is 9.10. The van der Waals surface area contributed by atoms with Gasteiger partial charge >= 0.3 is 0 Å². The van der Waals surface area contributed by atoms with Crippen molar-refractivity contribution in [3.05, 3.63) is 58.6 Å². The van der Waals surface area contributed by atoms with Gasteiger partial charge in [-0.15, -0.1) is 0 Å². The van der Waals surface area contributed by atoms with Crippen molar-refractivity contribution in [2.45, 2.75) is 25.8 Å². The summed E-state index contributed by atoms with van der Waals surface area (Å²) >= 11 is 3.54. The number of nitrogens with zero attached hydrogens (tertiary/aromatic N) is 1. The van der Waals surface area contributed by atoms with Gasteiger partial charge in [-0.25, -0.2) is 0 Å². The Kier molecular flexibility index (Phi) is 4.49. The van der Waals surface area contributed by atoms with Crippen LogP contribution in [0, 0.1) is 0 Å². The Bertz CT molecular complexity index is 606. The molecule has 1 aliphatic heterocycles. The van der Waals surface area contributed by atoms with Gasteiger partial charge < -0.3 is 10.2 Å². The molecule has 1 fully saturated rings. The lowest BCUT2D eigenvalue weighted by Crippen LogP contribution is -2.17. The Hall–Kier alpha value is -1.48. The third-order valence-electron chi connectivity index (χ3n) is 4.05. The average molecular weight is 345 g/mol. The van der Waals surface area contributed by atoms with Gasteiger partial charge in [0.1, 0.15) is 0 Å². The van der Waals surface area contributed by atoms with E-state index in [1.165, 1.54) is 42.9 Å². The van der Waals surface area contributed by atoms with Crippen LogP contribution in [0.5, 0.6) is 0 Å². The van der Waals surface area contributed by atoms with Crippen LogP contribution < -0.4 is 10.2 Å². The van der Waals surface area contributed by atoms with Crippen molar-refractivity contribution in [1.29, 1.82) is 0 Å². The van der Waals surface area contributed by atoms with Gasteiger partial charge in [-0.2, -0.15) is 0 Å². The summed E-state index contributed by atoms with van der Waals surface area (Å²) in [7, 11) is 0. The van der Waals surface area contributed by atoms with Gasteiger partial charge in [0.05, 0.1) is 0 Å². The second kappa shape index (κ2) is 6.52. The lowest BCUT2D eigenvalue weighted by atomic mass is 10.1. The fraction of sp³-hybridized carbons (Fsp3) is 0.333. The maximum absolute atomic E-state index is 3.60. The number of benzene rings is 2. The van der Waals surface area contributed by atoms with Crippen molar-refractivity contribution in [3.8, 4) is 0 Å². The molecule has 1 N–H and O–H groups in total. The average Bonchev–Trinajstić information content (AvgIpc) is 3.02. The van der Waals surface area contributed by atoms with Gasteiger partial charge in [0.2, 0.25) is 0 Å². The van der Waals surface area contributed by atoms with E-state index in [4.69, 9.17) is 0 Å².